The third kappa shape index (κ3) is 3.35. The van der Waals surface area contributed by atoms with Gasteiger partial charge in [-0.1, -0.05) is 12.8 Å². The van der Waals surface area contributed by atoms with Gasteiger partial charge in [0.15, 0.2) is 11.5 Å². The molecular weight excluding hydrogens is 258 g/mol. The van der Waals surface area contributed by atoms with E-state index in [0.29, 0.717) is 29.2 Å². The number of carbonyl (C=O) groups excluding carboxylic acids is 1. The summed E-state index contributed by atoms with van der Waals surface area (Å²) >= 11 is 0. The van der Waals surface area contributed by atoms with Crippen molar-refractivity contribution in [1.29, 1.82) is 0 Å². The van der Waals surface area contributed by atoms with Crippen LogP contribution in [0, 0.1) is 12.3 Å². The lowest BCUT2D eigenvalue weighted by Gasteiger charge is -2.15. The molecule has 1 aromatic rings. The van der Waals surface area contributed by atoms with Crippen LogP contribution in [-0.4, -0.2) is 33.3 Å². The predicted octanol–water partition coefficient (Wildman–Crippen LogP) is 1.85. The molecule has 0 spiro atoms. The van der Waals surface area contributed by atoms with Gasteiger partial charge in [-0.25, -0.2) is 0 Å². The Morgan fingerprint density at radius 1 is 1.25 bits per heavy atom. The van der Waals surface area contributed by atoms with Crippen molar-refractivity contribution < 1.29 is 19.0 Å². The lowest BCUT2D eigenvalue weighted by atomic mass is 10.1. The van der Waals surface area contributed by atoms with Gasteiger partial charge in [-0.3, -0.25) is 4.79 Å². The molecule has 0 radical (unpaired) electrons. The smallest absolute Gasteiger partial charge is 0.252 e. The molecule has 0 bridgehead atoms. The van der Waals surface area contributed by atoms with Gasteiger partial charge >= 0.3 is 0 Å². The van der Waals surface area contributed by atoms with Gasteiger partial charge in [0.05, 0.1) is 27.4 Å². The van der Waals surface area contributed by atoms with E-state index in [1.54, 1.807) is 12.1 Å². The summed E-state index contributed by atoms with van der Waals surface area (Å²) in [6.07, 6.45) is 5.99. The van der Waals surface area contributed by atoms with E-state index in [1.165, 1.54) is 21.3 Å². The first kappa shape index (κ1) is 15.7. The molecule has 1 atom stereocenters. The summed E-state index contributed by atoms with van der Waals surface area (Å²) in [5.74, 6) is 3.51. The molecule has 0 aliphatic rings. The van der Waals surface area contributed by atoms with E-state index in [2.05, 4.69) is 11.2 Å². The van der Waals surface area contributed by atoms with Gasteiger partial charge in [0.2, 0.25) is 5.75 Å². The topological polar surface area (TPSA) is 56.8 Å². The molecule has 1 N–H and O–H groups in total. The molecule has 1 rings (SSSR count). The second-order valence-corrected chi connectivity index (χ2v) is 4.01. The largest absolute Gasteiger partial charge is 0.493 e. The van der Waals surface area contributed by atoms with Crippen LogP contribution >= 0.6 is 0 Å². The number of hydrogen-bond acceptors (Lipinski definition) is 4. The van der Waals surface area contributed by atoms with E-state index in [0.717, 1.165) is 0 Å². The number of rotatable bonds is 6. The molecule has 0 aliphatic heterocycles. The normalized spacial score (nSPS) is 11.2. The minimum absolute atomic E-state index is 0.283. The molecule has 108 valence electrons. The number of hydrogen-bond donors (Lipinski definition) is 1. The van der Waals surface area contributed by atoms with Crippen molar-refractivity contribution in [2.24, 2.45) is 0 Å². The molecule has 5 heteroatoms. The van der Waals surface area contributed by atoms with E-state index in [1.807, 2.05) is 6.92 Å². The highest BCUT2D eigenvalue weighted by Gasteiger charge is 2.18. The Morgan fingerprint density at radius 2 is 1.80 bits per heavy atom. The summed E-state index contributed by atoms with van der Waals surface area (Å²) in [5.41, 5.74) is 0.396. The summed E-state index contributed by atoms with van der Waals surface area (Å²) in [6, 6.07) is 2.86. The van der Waals surface area contributed by atoms with E-state index in [-0.39, 0.29) is 11.9 Å². The van der Waals surface area contributed by atoms with Crippen LogP contribution in [-0.2, 0) is 0 Å². The number of ether oxygens (including phenoxy) is 3. The maximum Gasteiger partial charge on any atom is 0.252 e. The zero-order valence-electron chi connectivity index (χ0n) is 12.1. The maximum atomic E-state index is 12.2. The summed E-state index contributed by atoms with van der Waals surface area (Å²) in [4.78, 5) is 12.2. The Morgan fingerprint density at radius 3 is 2.15 bits per heavy atom. The molecule has 20 heavy (non-hydrogen) atoms. The van der Waals surface area contributed by atoms with Crippen LogP contribution in [0.2, 0.25) is 0 Å². The molecule has 0 fully saturated rings. The van der Waals surface area contributed by atoms with Crippen LogP contribution in [0.4, 0.5) is 0 Å². The Kier molecular flexibility index (Phi) is 5.73. The highest BCUT2D eigenvalue weighted by Crippen LogP contribution is 2.38. The molecule has 1 aromatic carbocycles. The lowest BCUT2D eigenvalue weighted by Crippen LogP contribution is -2.33. The first-order chi connectivity index (χ1) is 9.60. The van der Waals surface area contributed by atoms with Crippen molar-refractivity contribution in [1.82, 2.24) is 5.32 Å². The van der Waals surface area contributed by atoms with Crippen molar-refractivity contribution in [2.45, 2.75) is 19.4 Å². The van der Waals surface area contributed by atoms with Gasteiger partial charge in [-0.05, 0) is 18.6 Å². The minimum Gasteiger partial charge on any atom is -0.493 e. The van der Waals surface area contributed by atoms with Gasteiger partial charge in [0, 0.05) is 5.56 Å². The third-order valence-electron chi connectivity index (χ3n) is 2.84. The van der Waals surface area contributed by atoms with Gasteiger partial charge in [-0.15, -0.1) is 6.42 Å². The quantitative estimate of drug-likeness (QED) is 0.806. The van der Waals surface area contributed by atoms with E-state index in [4.69, 9.17) is 20.6 Å². The minimum atomic E-state index is -0.304. The molecule has 0 saturated heterocycles. The monoisotopic (exact) mass is 277 g/mol. The fraction of sp³-hybridized carbons (Fsp3) is 0.400. The number of methoxy groups -OCH3 is 3. The number of benzene rings is 1. The summed E-state index contributed by atoms with van der Waals surface area (Å²) in [5, 5.41) is 2.75. The van der Waals surface area contributed by atoms with Crippen LogP contribution in [0.3, 0.4) is 0 Å². The number of carbonyl (C=O) groups is 1. The first-order valence-electron chi connectivity index (χ1n) is 6.18. The number of terminal acetylenes is 1. The highest BCUT2D eigenvalue weighted by molar-refractivity contribution is 5.96. The fourth-order valence-corrected chi connectivity index (χ4v) is 1.72. The number of amides is 1. The maximum absolute atomic E-state index is 12.2. The molecule has 0 aliphatic carbocycles. The second-order valence-electron chi connectivity index (χ2n) is 4.01. The average molecular weight is 277 g/mol. The van der Waals surface area contributed by atoms with Crippen LogP contribution < -0.4 is 19.5 Å². The summed E-state index contributed by atoms with van der Waals surface area (Å²) < 4.78 is 15.6. The van der Waals surface area contributed by atoms with Crippen LogP contribution in [0.25, 0.3) is 0 Å². The Balaban J connectivity index is 3.13. The SMILES string of the molecule is C#CC(CC)NC(=O)c1cc(OC)c(OC)c(OC)c1. The van der Waals surface area contributed by atoms with Gasteiger partial charge in [0.1, 0.15) is 0 Å². The van der Waals surface area contributed by atoms with Gasteiger partial charge in [-0.2, -0.15) is 0 Å². The van der Waals surface area contributed by atoms with Crippen molar-refractivity contribution >= 4 is 5.91 Å². The van der Waals surface area contributed by atoms with E-state index in [9.17, 15) is 4.79 Å². The average Bonchev–Trinajstić information content (AvgIpc) is 2.50. The van der Waals surface area contributed by atoms with Crippen LogP contribution in [0.15, 0.2) is 12.1 Å². The fourth-order valence-electron chi connectivity index (χ4n) is 1.72. The van der Waals surface area contributed by atoms with Gasteiger partial charge in [0.25, 0.3) is 5.91 Å². The molecule has 1 amide bonds. The number of nitrogens with one attached hydrogen (secondary N) is 1. The molecule has 0 aromatic heterocycles. The molecule has 1 unspecified atom stereocenters. The van der Waals surface area contributed by atoms with Crippen molar-refractivity contribution in [3.05, 3.63) is 17.7 Å². The summed E-state index contributed by atoms with van der Waals surface area (Å²) in [7, 11) is 4.50. The zero-order valence-corrected chi connectivity index (χ0v) is 12.1. The lowest BCUT2D eigenvalue weighted by molar-refractivity contribution is 0.0944. The van der Waals surface area contributed by atoms with Crippen molar-refractivity contribution in [3.8, 4) is 29.6 Å². The van der Waals surface area contributed by atoms with Crippen molar-refractivity contribution in [2.75, 3.05) is 21.3 Å². The highest BCUT2D eigenvalue weighted by atomic mass is 16.5. The zero-order chi connectivity index (χ0) is 15.1. The standard InChI is InChI=1S/C15H19NO4/c1-6-11(7-2)16-15(17)10-8-12(18-3)14(20-5)13(9-10)19-4/h1,8-9,11H,7H2,2-5H3,(H,16,17). The summed E-state index contributed by atoms with van der Waals surface area (Å²) in [6.45, 7) is 1.90. The molecular formula is C15H19NO4. The Hall–Kier alpha value is -2.35. The Bertz CT molecular complexity index is 494. The first-order valence-corrected chi connectivity index (χ1v) is 6.18. The van der Waals surface area contributed by atoms with Crippen molar-refractivity contribution in [3.63, 3.8) is 0 Å². The van der Waals surface area contributed by atoms with E-state index < -0.39 is 0 Å². The van der Waals surface area contributed by atoms with Crippen LogP contribution in [0.1, 0.15) is 23.7 Å². The molecule has 0 saturated carbocycles. The Labute approximate surface area is 119 Å². The van der Waals surface area contributed by atoms with Crippen LogP contribution in [0.5, 0.6) is 17.2 Å². The van der Waals surface area contributed by atoms with Gasteiger partial charge < -0.3 is 19.5 Å². The third-order valence-corrected chi connectivity index (χ3v) is 2.84. The second kappa shape index (κ2) is 7.29. The molecule has 5 nitrogen and oxygen atoms in total. The molecule has 0 heterocycles. The predicted molar refractivity (Wildman–Crippen MR) is 76.5 cm³/mol. The van der Waals surface area contributed by atoms with E-state index >= 15 is 0 Å².